The fraction of sp³-hybridized carbons (Fsp3) is 0.556. The Balaban J connectivity index is 3.00. The third-order valence-electron chi connectivity index (χ3n) is 2.10. The lowest BCUT2D eigenvalue weighted by Gasteiger charge is -2.10. The highest BCUT2D eigenvalue weighted by Gasteiger charge is 2.07. The number of hydrogen-bond acceptors (Lipinski definition) is 3. The van der Waals surface area contributed by atoms with E-state index in [9.17, 15) is 9.90 Å². The van der Waals surface area contributed by atoms with Crippen LogP contribution >= 0.6 is 15.9 Å². The number of nitrogens with zero attached hydrogens (tertiary/aromatic N) is 2. The van der Waals surface area contributed by atoms with Crippen LogP contribution in [0.25, 0.3) is 0 Å². The molecule has 78 valence electrons. The van der Waals surface area contributed by atoms with Gasteiger partial charge in [0.05, 0.1) is 19.0 Å². The van der Waals surface area contributed by atoms with E-state index in [1.54, 1.807) is 13.8 Å². The van der Waals surface area contributed by atoms with Crippen molar-refractivity contribution >= 4 is 15.9 Å². The second kappa shape index (κ2) is 4.70. The van der Waals surface area contributed by atoms with E-state index in [1.165, 1.54) is 10.9 Å². The zero-order valence-electron chi connectivity index (χ0n) is 8.20. The number of aliphatic hydroxyl groups is 1. The van der Waals surface area contributed by atoms with E-state index in [-0.39, 0.29) is 12.1 Å². The average molecular weight is 261 g/mol. The molecule has 1 heterocycles. The van der Waals surface area contributed by atoms with Crippen LogP contribution in [-0.4, -0.2) is 26.1 Å². The van der Waals surface area contributed by atoms with Gasteiger partial charge in [-0.15, -0.1) is 0 Å². The van der Waals surface area contributed by atoms with Crippen LogP contribution in [0.1, 0.15) is 11.3 Å². The molecule has 0 radical (unpaired) electrons. The lowest BCUT2D eigenvalue weighted by Crippen LogP contribution is -2.29. The molecule has 0 fully saturated rings. The maximum absolute atomic E-state index is 11.6. The second-order valence-corrected chi connectivity index (χ2v) is 3.87. The molecule has 0 aliphatic heterocycles. The van der Waals surface area contributed by atoms with Gasteiger partial charge in [-0.2, -0.15) is 0 Å². The van der Waals surface area contributed by atoms with Crippen LogP contribution in [0.3, 0.4) is 0 Å². The zero-order chi connectivity index (χ0) is 10.7. The van der Waals surface area contributed by atoms with E-state index in [4.69, 9.17) is 0 Å². The monoisotopic (exact) mass is 260 g/mol. The first-order valence-corrected chi connectivity index (χ1v) is 5.45. The smallest absolute Gasteiger partial charge is 0.256 e. The Bertz CT molecular complexity index is 376. The molecule has 0 bridgehead atoms. The van der Waals surface area contributed by atoms with Gasteiger partial charge in [0, 0.05) is 16.6 Å². The molecule has 4 nitrogen and oxygen atoms in total. The summed E-state index contributed by atoms with van der Waals surface area (Å²) >= 11 is 3.14. The quantitative estimate of drug-likeness (QED) is 0.811. The van der Waals surface area contributed by atoms with Crippen LogP contribution in [0.4, 0.5) is 0 Å². The normalized spacial score (nSPS) is 12.9. The lowest BCUT2D eigenvalue weighted by molar-refractivity contribution is 0.177. The lowest BCUT2D eigenvalue weighted by atomic mass is 10.2. The molecular weight excluding hydrogens is 248 g/mol. The van der Waals surface area contributed by atoms with Gasteiger partial charge < -0.3 is 5.11 Å². The number of hydrogen-bond donors (Lipinski definition) is 1. The third-order valence-corrected chi connectivity index (χ3v) is 2.85. The number of aryl methyl sites for hydroxylation is 1. The standard InChI is InChI=1S/C9H13BrN2O2/c1-6-7(2)11-5-12(9(6)14)4-8(13)3-10/h5,8,13H,3-4H2,1-2H3. The Hall–Kier alpha value is -0.680. The molecule has 0 aromatic carbocycles. The molecule has 1 aromatic heterocycles. The van der Waals surface area contributed by atoms with Gasteiger partial charge in [-0.1, -0.05) is 15.9 Å². The summed E-state index contributed by atoms with van der Waals surface area (Å²) in [6.07, 6.45) is 0.910. The SMILES string of the molecule is Cc1ncn(CC(O)CBr)c(=O)c1C. The van der Waals surface area contributed by atoms with Crippen molar-refractivity contribution in [3.05, 3.63) is 27.9 Å². The summed E-state index contributed by atoms with van der Waals surface area (Å²) in [5, 5.41) is 9.81. The summed E-state index contributed by atoms with van der Waals surface area (Å²) in [5.74, 6) is 0. The Labute approximate surface area is 90.7 Å². The van der Waals surface area contributed by atoms with E-state index >= 15 is 0 Å². The molecule has 0 spiro atoms. The summed E-state index contributed by atoms with van der Waals surface area (Å²) in [6, 6.07) is 0. The highest BCUT2D eigenvalue weighted by molar-refractivity contribution is 9.09. The highest BCUT2D eigenvalue weighted by Crippen LogP contribution is 1.97. The molecule has 1 unspecified atom stereocenters. The van der Waals surface area contributed by atoms with Crippen LogP contribution in [-0.2, 0) is 6.54 Å². The molecular formula is C9H13BrN2O2. The number of aliphatic hydroxyl groups excluding tert-OH is 1. The minimum atomic E-state index is -0.559. The van der Waals surface area contributed by atoms with E-state index in [0.29, 0.717) is 10.9 Å². The third kappa shape index (κ3) is 2.42. The van der Waals surface area contributed by atoms with Gasteiger partial charge in [0.2, 0.25) is 0 Å². The number of aromatic nitrogens is 2. The maximum Gasteiger partial charge on any atom is 0.256 e. The van der Waals surface area contributed by atoms with E-state index in [2.05, 4.69) is 20.9 Å². The van der Waals surface area contributed by atoms with E-state index in [1.807, 2.05) is 0 Å². The van der Waals surface area contributed by atoms with Gasteiger partial charge in [0.15, 0.2) is 0 Å². The summed E-state index contributed by atoms with van der Waals surface area (Å²) in [4.78, 5) is 15.7. The summed E-state index contributed by atoms with van der Waals surface area (Å²) in [6.45, 7) is 3.81. The maximum atomic E-state index is 11.6. The Morgan fingerprint density at radius 2 is 2.29 bits per heavy atom. The molecule has 1 aromatic rings. The van der Waals surface area contributed by atoms with Gasteiger partial charge in [-0.25, -0.2) is 4.98 Å². The Morgan fingerprint density at radius 3 is 2.86 bits per heavy atom. The molecule has 1 atom stereocenters. The van der Waals surface area contributed by atoms with Crippen LogP contribution in [0.15, 0.2) is 11.1 Å². The van der Waals surface area contributed by atoms with Crippen molar-refractivity contribution in [2.45, 2.75) is 26.5 Å². The molecule has 0 aliphatic carbocycles. The summed E-state index contributed by atoms with van der Waals surface area (Å²) in [5.41, 5.74) is 1.28. The van der Waals surface area contributed by atoms with Crippen LogP contribution in [0.2, 0.25) is 0 Å². The number of rotatable bonds is 3. The first-order chi connectivity index (χ1) is 6.56. The van der Waals surface area contributed by atoms with Crippen molar-refractivity contribution < 1.29 is 5.11 Å². The summed E-state index contributed by atoms with van der Waals surface area (Å²) < 4.78 is 1.42. The molecule has 0 aliphatic rings. The van der Waals surface area contributed by atoms with Crippen molar-refractivity contribution in [1.82, 2.24) is 9.55 Å². The topological polar surface area (TPSA) is 55.1 Å². The minimum absolute atomic E-state index is 0.0856. The number of halogens is 1. The molecule has 0 saturated carbocycles. The van der Waals surface area contributed by atoms with Crippen molar-refractivity contribution in [3.8, 4) is 0 Å². The largest absolute Gasteiger partial charge is 0.390 e. The van der Waals surface area contributed by atoms with Gasteiger partial charge >= 0.3 is 0 Å². The van der Waals surface area contributed by atoms with Crippen molar-refractivity contribution in [2.75, 3.05) is 5.33 Å². The number of alkyl halides is 1. The predicted molar refractivity (Wildman–Crippen MR) is 57.8 cm³/mol. The fourth-order valence-corrected chi connectivity index (χ4v) is 1.29. The molecule has 1 N–H and O–H groups in total. The van der Waals surface area contributed by atoms with Gasteiger partial charge in [0.25, 0.3) is 5.56 Å². The van der Waals surface area contributed by atoms with Gasteiger partial charge in [-0.05, 0) is 13.8 Å². The van der Waals surface area contributed by atoms with Crippen LogP contribution < -0.4 is 5.56 Å². The molecule has 1 rings (SSSR count). The minimum Gasteiger partial charge on any atom is -0.390 e. The van der Waals surface area contributed by atoms with Crippen LogP contribution in [0.5, 0.6) is 0 Å². The van der Waals surface area contributed by atoms with Crippen molar-refractivity contribution in [1.29, 1.82) is 0 Å². The molecule has 0 amide bonds. The Morgan fingerprint density at radius 1 is 1.64 bits per heavy atom. The fourth-order valence-electron chi connectivity index (χ4n) is 1.08. The predicted octanol–water partition coefficient (Wildman–Crippen LogP) is 0.616. The van der Waals surface area contributed by atoms with E-state index in [0.717, 1.165) is 5.69 Å². The zero-order valence-corrected chi connectivity index (χ0v) is 9.78. The van der Waals surface area contributed by atoms with Gasteiger partial charge in [-0.3, -0.25) is 9.36 Å². The van der Waals surface area contributed by atoms with Crippen LogP contribution in [0, 0.1) is 13.8 Å². The second-order valence-electron chi connectivity index (χ2n) is 3.22. The first-order valence-electron chi connectivity index (χ1n) is 4.33. The molecule has 0 saturated heterocycles. The molecule has 5 heteroatoms. The molecule has 14 heavy (non-hydrogen) atoms. The first kappa shape index (κ1) is 11.4. The summed E-state index contributed by atoms with van der Waals surface area (Å²) in [7, 11) is 0. The average Bonchev–Trinajstić information content (AvgIpc) is 2.19. The Kier molecular flexibility index (Phi) is 3.83. The van der Waals surface area contributed by atoms with Crippen molar-refractivity contribution in [3.63, 3.8) is 0 Å². The van der Waals surface area contributed by atoms with Crippen molar-refractivity contribution in [2.24, 2.45) is 0 Å². The van der Waals surface area contributed by atoms with E-state index < -0.39 is 6.10 Å². The van der Waals surface area contributed by atoms with Gasteiger partial charge in [0.1, 0.15) is 0 Å². The highest BCUT2D eigenvalue weighted by atomic mass is 79.9.